The molecule has 0 fully saturated rings. The quantitative estimate of drug-likeness (QED) is 0.735. The summed E-state index contributed by atoms with van der Waals surface area (Å²) in [6.07, 6.45) is 1.65. The van der Waals surface area contributed by atoms with Crippen molar-refractivity contribution in [2.75, 3.05) is 0 Å². The second-order valence-electron chi connectivity index (χ2n) is 3.56. The first-order valence-corrected chi connectivity index (χ1v) is 6.22. The van der Waals surface area contributed by atoms with Crippen LogP contribution in [-0.2, 0) is 6.61 Å². The molecule has 19 heavy (non-hydrogen) atoms. The van der Waals surface area contributed by atoms with Gasteiger partial charge in [-0.3, -0.25) is 0 Å². The molecule has 3 aromatic rings. The number of furan rings is 1. The fraction of sp³-hybridized carbons (Fsp3) is 0.0833. The lowest BCUT2D eigenvalue weighted by Gasteiger charge is -1.99. The van der Waals surface area contributed by atoms with Crippen molar-refractivity contribution in [2.24, 2.45) is 0 Å². The molecule has 0 unspecified atom stereocenters. The van der Waals surface area contributed by atoms with Crippen LogP contribution in [0.1, 0.15) is 5.89 Å². The Bertz CT molecular complexity index is 666. The number of hydrogen-bond donors (Lipinski definition) is 0. The molecule has 0 aromatic carbocycles. The van der Waals surface area contributed by atoms with E-state index in [-0.39, 0.29) is 6.61 Å². The molecular formula is C12H8BrN3O3. The van der Waals surface area contributed by atoms with Crippen molar-refractivity contribution in [1.29, 1.82) is 0 Å². The fourth-order valence-electron chi connectivity index (χ4n) is 1.41. The van der Waals surface area contributed by atoms with Crippen molar-refractivity contribution in [3.8, 4) is 17.5 Å². The second kappa shape index (κ2) is 5.23. The predicted molar refractivity (Wildman–Crippen MR) is 68.3 cm³/mol. The van der Waals surface area contributed by atoms with E-state index in [9.17, 15) is 0 Å². The van der Waals surface area contributed by atoms with Crippen molar-refractivity contribution >= 4 is 15.9 Å². The summed E-state index contributed by atoms with van der Waals surface area (Å²) in [7, 11) is 0. The van der Waals surface area contributed by atoms with E-state index in [4.69, 9.17) is 13.6 Å². The number of pyridine rings is 1. The van der Waals surface area contributed by atoms with Crippen LogP contribution in [0.15, 0.2) is 50.0 Å². The van der Waals surface area contributed by atoms with E-state index in [1.54, 1.807) is 24.4 Å². The molecule has 0 aliphatic rings. The molecule has 96 valence electrons. The third kappa shape index (κ3) is 2.82. The standard InChI is InChI=1S/C12H8BrN3O3/c13-9-5-4-8(18-9)12-16-15-11(19-12)7-17-10-3-1-2-6-14-10/h1-6H,7H2. The lowest BCUT2D eigenvalue weighted by Crippen LogP contribution is -1.96. The molecule has 0 saturated heterocycles. The zero-order valence-corrected chi connectivity index (χ0v) is 11.2. The van der Waals surface area contributed by atoms with Crippen LogP contribution in [0, 0.1) is 0 Å². The number of rotatable bonds is 4. The Morgan fingerprint density at radius 2 is 2.05 bits per heavy atom. The second-order valence-corrected chi connectivity index (χ2v) is 4.34. The minimum atomic E-state index is 0.159. The number of halogens is 1. The van der Waals surface area contributed by atoms with Crippen LogP contribution >= 0.6 is 15.9 Å². The van der Waals surface area contributed by atoms with E-state index in [2.05, 4.69) is 31.1 Å². The van der Waals surface area contributed by atoms with Gasteiger partial charge in [0.2, 0.25) is 5.88 Å². The molecule has 0 saturated carbocycles. The maximum Gasteiger partial charge on any atom is 0.283 e. The first-order valence-electron chi connectivity index (χ1n) is 5.43. The van der Waals surface area contributed by atoms with E-state index in [0.29, 0.717) is 28.1 Å². The molecule has 7 heteroatoms. The highest BCUT2D eigenvalue weighted by Gasteiger charge is 2.12. The Balaban J connectivity index is 1.68. The normalized spacial score (nSPS) is 10.6. The summed E-state index contributed by atoms with van der Waals surface area (Å²) < 4.78 is 16.7. The average Bonchev–Trinajstić information content (AvgIpc) is 3.06. The average molecular weight is 322 g/mol. The molecule has 3 rings (SSSR count). The summed E-state index contributed by atoms with van der Waals surface area (Å²) in [5, 5.41) is 7.75. The Kier molecular flexibility index (Phi) is 3.28. The molecule has 0 N–H and O–H groups in total. The summed E-state index contributed by atoms with van der Waals surface area (Å²) in [5.74, 6) is 1.67. The van der Waals surface area contributed by atoms with E-state index in [1.165, 1.54) is 0 Å². The topological polar surface area (TPSA) is 74.2 Å². The Hall–Kier alpha value is -2.15. The number of aromatic nitrogens is 3. The third-order valence-corrected chi connectivity index (χ3v) is 2.66. The first-order chi connectivity index (χ1) is 9.31. The van der Waals surface area contributed by atoms with Gasteiger partial charge in [0.15, 0.2) is 17.0 Å². The highest BCUT2D eigenvalue weighted by atomic mass is 79.9. The maximum atomic E-state index is 5.42. The number of hydrogen-bond acceptors (Lipinski definition) is 6. The van der Waals surface area contributed by atoms with Gasteiger partial charge in [0.05, 0.1) is 0 Å². The van der Waals surface area contributed by atoms with Crippen LogP contribution in [-0.4, -0.2) is 15.2 Å². The molecule has 3 aromatic heterocycles. The zero-order valence-electron chi connectivity index (χ0n) is 9.62. The smallest absolute Gasteiger partial charge is 0.283 e. The van der Waals surface area contributed by atoms with Crippen LogP contribution in [0.25, 0.3) is 11.7 Å². The zero-order chi connectivity index (χ0) is 13.1. The molecule has 6 nitrogen and oxygen atoms in total. The maximum absolute atomic E-state index is 5.42. The third-order valence-electron chi connectivity index (χ3n) is 2.23. The van der Waals surface area contributed by atoms with Gasteiger partial charge in [-0.2, -0.15) is 0 Å². The summed E-state index contributed by atoms with van der Waals surface area (Å²) in [4.78, 5) is 4.03. The van der Waals surface area contributed by atoms with Gasteiger partial charge in [-0.25, -0.2) is 4.98 Å². The van der Waals surface area contributed by atoms with E-state index in [1.807, 2.05) is 12.1 Å². The molecular weight excluding hydrogens is 314 g/mol. The van der Waals surface area contributed by atoms with Gasteiger partial charge in [0.25, 0.3) is 11.8 Å². The van der Waals surface area contributed by atoms with Crippen LogP contribution < -0.4 is 4.74 Å². The van der Waals surface area contributed by atoms with Crippen molar-refractivity contribution in [1.82, 2.24) is 15.2 Å². The molecule has 0 aliphatic carbocycles. The van der Waals surface area contributed by atoms with E-state index >= 15 is 0 Å². The van der Waals surface area contributed by atoms with Gasteiger partial charge in [0, 0.05) is 12.3 Å². The summed E-state index contributed by atoms with van der Waals surface area (Å²) in [6.45, 7) is 0.159. The van der Waals surface area contributed by atoms with Gasteiger partial charge in [-0.1, -0.05) is 6.07 Å². The van der Waals surface area contributed by atoms with Gasteiger partial charge in [0.1, 0.15) is 0 Å². The monoisotopic (exact) mass is 321 g/mol. The fourth-order valence-corrected chi connectivity index (χ4v) is 1.72. The Morgan fingerprint density at radius 1 is 1.11 bits per heavy atom. The van der Waals surface area contributed by atoms with Crippen molar-refractivity contribution < 1.29 is 13.6 Å². The van der Waals surface area contributed by atoms with Gasteiger partial charge in [-0.15, -0.1) is 10.2 Å². The Morgan fingerprint density at radius 3 is 2.79 bits per heavy atom. The molecule has 0 bridgehead atoms. The molecule has 3 heterocycles. The van der Waals surface area contributed by atoms with Crippen molar-refractivity contribution in [3.63, 3.8) is 0 Å². The molecule has 0 radical (unpaired) electrons. The van der Waals surface area contributed by atoms with Gasteiger partial charge in [-0.05, 0) is 34.1 Å². The van der Waals surface area contributed by atoms with Crippen LogP contribution in [0.2, 0.25) is 0 Å². The minimum absolute atomic E-state index is 0.159. The minimum Gasteiger partial charge on any atom is -0.468 e. The Labute approximate surface area is 116 Å². The predicted octanol–water partition coefficient (Wildman–Crippen LogP) is 3.07. The highest BCUT2D eigenvalue weighted by molar-refractivity contribution is 9.10. The van der Waals surface area contributed by atoms with Gasteiger partial charge >= 0.3 is 0 Å². The van der Waals surface area contributed by atoms with Crippen molar-refractivity contribution in [2.45, 2.75) is 6.61 Å². The largest absolute Gasteiger partial charge is 0.468 e. The lowest BCUT2D eigenvalue weighted by atomic mass is 10.5. The van der Waals surface area contributed by atoms with E-state index in [0.717, 1.165) is 0 Å². The summed E-state index contributed by atoms with van der Waals surface area (Å²) in [6, 6.07) is 8.89. The molecule has 0 amide bonds. The summed E-state index contributed by atoms with van der Waals surface area (Å²) in [5.41, 5.74) is 0. The van der Waals surface area contributed by atoms with Crippen LogP contribution in [0.5, 0.6) is 5.88 Å². The number of nitrogens with zero attached hydrogens (tertiary/aromatic N) is 3. The summed E-state index contributed by atoms with van der Waals surface area (Å²) >= 11 is 3.21. The van der Waals surface area contributed by atoms with E-state index < -0.39 is 0 Å². The van der Waals surface area contributed by atoms with Crippen molar-refractivity contribution in [3.05, 3.63) is 47.1 Å². The molecule has 0 spiro atoms. The first kappa shape index (κ1) is 11.9. The SMILES string of the molecule is Brc1ccc(-c2nnc(COc3ccccn3)o2)o1. The van der Waals surface area contributed by atoms with Crippen LogP contribution in [0.4, 0.5) is 0 Å². The van der Waals surface area contributed by atoms with Crippen LogP contribution in [0.3, 0.4) is 0 Å². The molecule has 0 aliphatic heterocycles. The molecule has 0 atom stereocenters. The lowest BCUT2D eigenvalue weighted by molar-refractivity contribution is 0.254. The number of ether oxygens (including phenoxy) is 1. The van der Waals surface area contributed by atoms with Gasteiger partial charge < -0.3 is 13.6 Å². The highest BCUT2D eigenvalue weighted by Crippen LogP contribution is 2.23.